The van der Waals surface area contributed by atoms with Gasteiger partial charge in [-0.05, 0) is 30.5 Å². The van der Waals surface area contributed by atoms with Crippen molar-refractivity contribution in [3.05, 3.63) is 29.8 Å². The molecule has 5 heteroatoms. The molecule has 0 bridgehead atoms. The Morgan fingerprint density at radius 3 is 2.52 bits per heavy atom. The standard InChI is InChI=1S/C16H21NO4/c1-19-13-7-5-12(6-8-13)16(10-21-11-16)17-9-3-4-14(17)15(18)20-2/h5-8,14H,3-4,9-11H2,1-2H3/t14-/m0/s1. The van der Waals surface area contributed by atoms with Gasteiger partial charge in [0.25, 0.3) is 0 Å². The molecule has 0 unspecified atom stereocenters. The first-order valence-corrected chi connectivity index (χ1v) is 7.28. The monoisotopic (exact) mass is 291 g/mol. The number of benzene rings is 1. The minimum absolute atomic E-state index is 0.146. The molecule has 3 rings (SSSR count). The van der Waals surface area contributed by atoms with Crippen molar-refractivity contribution in [1.82, 2.24) is 4.90 Å². The number of carbonyl (C=O) groups is 1. The molecule has 1 atom stereocenters. The van der Waals surface area contributed by atoms with Gasteiger partial charge in [0.05, 0.1) is 33.0 Å². The number of esters is 1. The summed E-state index contributed by atoms with van der Waals surface area (Å²) in [5.74, 6) is 0.687. The second kappa shape index (κ2) is 5.66. The van der Waals surface area contributed by atoms with Crippen molar-refractivity contribution >= 4 is 5.97 Å². The van der Waals surface area contributed by atoms with E-state index in [1.807, 2.05) is 12.1 Å². The Bertz CT molecular complexity index is 510. The van der Waals surface area contributed by atoms with Crippen LogP contribution in [0.25, 0.3) is 0 Å². The number of hydrogen-bond donors (Lipinski definition) is 0. The Labute approximate surface area is 124 Å². The van der Waals surface area contributed by atoms with Gasteiger partial charge < -0.3 is 14.2 Å². The Morgan fingerprint density at radius 1 is 1.29 bits per heavy atom. The first-order valence-electron chi connectivity index (χ1n) is 7.28. The molecule has 1 aromatic carbocycles. The fraction of sp³-hybridized carbons (Fsp3) is 0.562. The molecule has 5 nitrogen and oxygen atoms in total. The third kappa shape index (κ3) is 2.30. The second-order valence-electron chi connectivity index (χ2n) is 5.63. The Hall–Kier alpha value is -1.59. The number of methoxy groups -OCH3 is 2. The number of hydrogen-bond acceptors (Lipinski definition) is 5. The third-order valence-corrected chi connectivity index (χ3v) is 4.58. The lowest BCUT2D eigenvalue weighted by Crippen LogP contribution is -2.62. The maximum Gasteiger partial charge on any atom is 0.323 e. The van der Waals surface area contributed by atoms with Crippen LogP contribution < -0.4 is 4.74 Å². The van der Waals surface area contributed by atoms with Crippen molar-refractivity contribution in [2.24, 2.45) is 0 Å². The number of nitrogens with zero attached hydrogens (tertiary/aromatic N) is 1. The quantitative estimate of drug-likeness (QED) is 0.788. The molecule has 114 valence electrons. The van der Waals surface area contributed by atoms with E-state index >= 15 is 0 Å². The fourth-order valence-electron chi connectivity index (χ4n) is 3.36. The van der Waals surface area contributed by atoms with Crippen LogP contribution in [0.3, 0.4) is 0 Å². The van der Waals surface area contributed by atoms with Crippen LogP contribution >= 0.6 is 0 Å². The van der Waals surface area contributed by atoms with Crippen molar-refractivity contribution in [2.45, 2.75) is 24.4 Å². The van der Waals surface area contributed by atoms with Crippen molar-refractivity contribution < 1.29 is 19.0 Å². The van der Waals surface area contributed by atoms with Crippen molar-refractivity contribution in [3.8, 4) is 5.75 Å². The van der Waals surface area contributed by atoms with E-state index in [0.717, 1.165) is 25.1 Å². The lowest BCUT2D eigenvalue weighted by Gasteiger charge is -2.50. The summed E-state index contributed by atoms with van der Waals surface area (Å²) in [4.78, 5) is 14.3. The molecule has 0 radical (unpaired) electrons. The summed E-state index contributed by atoms with van der Waals surface area (Å²) in [7, 11) is 3.11. The maximum absolute atomic E-state index is 12.0. The third-order valence-electron chi connectivity index (χ3n) is 4.58. The number of ether oxygens (including phenoxy) is 3. The van der Waals surface area contributed by atoms with Crippen LogP contribution in [0.4, 0.5) is 0 Å². The van der Waals surface area contributed by atoms with E-state index in [1.165, 1.54) is 12.7 Å². The van der Waals surface area contributed by atoms with E-state index in [4.69, 9.17) is 14.2 Å². The van der Waals surface area contributed by atoms with Crippen LogP contribution in [0.1, 0.15) is 18.4 Å². The highest BCUT2D eigenvalue weighted by atomic mass is 16.5. The summed E-state index contributed by atoms with van der Waals surface area (Å²) in [5.41, 5.74) is 0.965. The molecular weight excluding hydrogens is 270 g/mol. The molecule has 2 fully saturated rings. The van der Waals surface area contributed by atoms with Crippen LogP contribution in [-0.2, 0) is 19.8 Å². The predicted octanol–water partition coefficient (Wildman–Crippen LogP) is 1.56. The SMILES string of the molecule is COC(=O)[C@@H]1CCCN1C1(c2ccc(OC)cc2)COC1. The lowest BCUT2D eigenvalue weighted by molar-refractivity contribution is -0.170. The molecule has 0 aliphatic carbocycles. The van der Waals surface area contributed by atoms with Crippen LogP contribution in [0.15, 0.2) is 24.3 Å². The predicted molar refractivity (Wildman–Crippen MR) is 77.2 cm³/mol. The van der Waals surface area contributed by atoms with Gasteiger partial charge in [0, 0.05) is 6.54 Å². The highest BCUT2D eigenvalue weighted by molar-refractivity contribution is 5.76. The summed E-state index contributed by atoms with van der Waals surface area (Å²) >= 11 is 0. The van der Waals surface area contributed by atoms with E-state index in [-0.39, 0.29) is 17.6 Å². The molecule has 2 heterocycles. The molecule has 2 aliphatic rings. The van der Waals surface area contributed by atoms with Gasteiger partial charge in [0.1, 0.15) is 11.8 Å². The Kier molecular flexibility index (Phi) is 3.87. The first-order chi connectivity index (χ1) is 10.2. The van der Waals surface area contributed by atoms with E-state index < -0.39 is 0 Å². The van der Waals surface area contributed by atoms with Gasteiger partial charge >= 0.3 is 5.97 Å². The highest BCUT2D eigenvalue weighted by Crippen LogP contribution is 2.41. The first kappa shape index (κ1) is 14.4. The molecule has 0 N–H and O–H groups in total. The van der Waals surface area contributed by atoms with E-state index in [1.54, 1.807) is 7.11 Å². The molecule has 0 spiro atoms. The maximum atomic E-state index is 12.0. The number of rotatable bonds is 4. The minimum Gasteiger partial charge on any atom is -0.497 e. The van der Waals surface area contributed by atoms with Crippen molar-refractivity contribution in [1.29, 1.82) is 0 Å². The van der Waals surface area contributed by atoms with E-state index in [9.17, 15) is 4.79 Å². The summed E-state index contributed by atoms with van der Waals surface area (Å²) in [6, 6.07) is 7.88. The zero-order chi connectivity index (χ0) is 14.9. The normalized spacial score (nSPS) is 24.4. The number of carbonyl (C=O) groups excluding carboxylic acids is 1. The van der Waals surface area contributed by atoms with Gasteiger partial charge in [-0.15, -0.1) is 0 Å². The van der Waals surface area contributed by atoms with Crippen molar-refractivity contribution in [2.75, 3.05) is 34.0 Å². The van der Waals surface area contributed by atoms with Gasteiger partial charge in [-0.25, -0.2) is 0 Å². The van der Waals surface area contributed by atoms with E-state index in [0.29, 0.717) is 13.2 Å². The molecule has 2 aliphatic heterocycles. The van der Waals surface area contributed by atoms with Crippen LogP contribution in [0.5, 0.6) is 5.75 Å². The molecular formula is C16H21NO4. The molecule has 0 aromatic heterocycles. The molecule has 2 saturated heterocycles. The molecule has 0 amide bonds. The topological polar surface area (TPSA) is 48.0 Å². The summed E-state index contributed by atoms with van der Waals surface area (Å²) < 4.78 is 15.7. The Balaban J connectivity index is 1.90. The summed E-state index contributed by atoms with van der Waals surface area (Å²) in [5, 5.41) is 0. The van der Waals surface area contributed by atoms with Crippen LogP contribution in [0, 0.1) is 0 Å². The average molecular weight is 291 g/mol. The lowest BCUT2D eigenvalue weighted by atomic mass is 9.85. The largest absolute Gasteiger partial charge is 0.497 e. The average Bonchev–Trinajstić information content (AvgIpc) is 2.96. The van der Waals surface area contributed by atoms with Gasteiger partial charge in [-0.3, -0.25) is 9.69 Å². The fourth-order valence-corrected chi connectivity index (χ4v) is 3.36. The zero-order valence-corrected chi connectivity index (χ0v) is 12.5. The highest BCUT2D eigenvalue weighted by Gasteiger charge is 2.51. The molecule has 1 aromatic rings. The van der Waals surface area contributed by atoms with Crippen LogP contribution in [0.2, 0.25) is 0 Å². The van der Waals surface area contributed by atoms with E-state index in [2.05, 4.69) is 17.0 Å². The second-order valence-corrected chi connectivity index (χ2v) is 5.63. The molecule has 21 heavy (non-hydrogen) atoms. The Morgan fingerprint density at radius 2 is 2.00 bits per heavy atom. The van der Waals surface area contributed by atoms with Gasteiger partial charge in [0.15, 0.2) is 0 Å². The smallest absolute Gasteiger partial charge is 0.323 e. The van der Waals surface area contributed by atoms with Gasteiger partial charge in [0.2, 0.25) is 0 Å². The van der Waals surface area contributed by atoms with Crippen LogP contribution in [-0.4, -0.2) is 50.9 Å². The van der Waals surface area contributed by atoms with Gasteiger partial charge in [-0.1, -0.05) is 12.1 Å². The van der Waals surface area contributed by atoms with Crippen molar-refractivity contribution in [3.63, 3.8) is 0 Å². The van der Waals surface area contributed by atoms with Gasteiger partial charge in [-0.2, -0.15) is 0 Å². The summed E-state index contributed by atoms with van der Waals surface area (Å²) in [6.07, 6.45) is 1.86. The summed E-state index contributed by atoms with van der Waals surface area (Å²) in [6.45, 7) is 2.13. The molecule has 0 saturated carbocycles. The number of likely N-dealkylation sites (tertiary alicyclic amines) is 1. The zero-order valence-electron chi connectivity index (χ0n) is 12.5. The minimum atomic E-state index is -0.207.